The van der Waals surface area contributed by atoms with Crippen LogP contribution in [0.25, 0.3) is 16.2 Å². The Bertz CT molecular complexity index is 1040. The SMILES string of the molecule is CC(CCc1ccco1)N(C)C(=O)c1cnn2c(-c3cccs3)ccnc12. The van der Waals surface area contributed by atoms with Crippen molar-refractivity contribution in [3.8, 4) is 10.6 Å². The van der Waals surface area contributed by atoms with E-state index in [1.165, 1.54) is 0 Å². The van der Waals surface area contributed by atoms with E-state index in [0.29, 0.717) is 11.2 Å². The molecule has 0 saturated carbocycles. The summed E-state index contributed by atoms with van der Waals surface area (Å²) in [6.45, 7) is 2.04. The average molecular weight is 380 g/mol. The van der Waals surface area contributed by atoms with Crippen LogP contribution in [0.5, 0.6) is 0 Å². The van der Waals surface area contributed by atoms with E-state index in [1.807, 2.05) is 49.7 Å². The molecule has 0 aliphatic rings. The summed E-state index contributed by atoms with van der Waals surface area (Å²) in [6, 6.07) is 9.84. The molecule has 1 unspecified atom stereocenters. The molecule has 0 aliphatic carbocycles. The molecule has 4 rings (SSSR count). The van der Waals surface area contributed by atoms with Crippen molar-refractivity contribution in [3.05, 3.63) is 65.7 Å². The summed E-state index contributed by atoms with van der Waals surface area (Å²) in [7, 11) is 1.82. The molecule has 138 valence electrons. The van der Waals surface area contributed by atoms with Gasteiger partial charge in [-0.15, -0.1) is 11.3 Å². The minimum atomic E-state index is -0.0761. The lowest BCUT2D eigenvalue weighted by molar-refractivity contribution is 0.0738. The van der Waals surface area contributed by atoms with Crippen LogP contribution in [0.3, 0.4) is 0 Å². The lowest BCUT2D eigenvalue weighted by atomic mass is 10.1. The Balaban J connectivity index is 1.56. The first-order valence-corrected chi connectivity index (χ1v) is 9.69. The number of furan rings is 1. The molecule has 27 heavy (non-hydrogen) atoms. The smallest absolute Gasteiger partial charge is 0.259 e. The number of carbonyl (C=O) groups excluding carboxylic acids is 1. The van der Waals surface area contributed by atoms with Crippen molar-refractivity contribution < 1.29 is 9.21 Å². The third kappa shape index (κ3) is 3.38. The standard InChI is InChI=1S/C20H20N4O2S/c1-14(7-8-15-5-3-11-26-15)23(2)20(25)16-13-22-24-17(9-10-21-19(16)24)18-6-4-12-27-18/h3-6,9-14H,7-8H2,1-2H3. The third-order valence-electron chi connectivity index (χ3n) is 4.78. The highest BCUT2D eigenvalue weighted by molar-refractivity contribution is 7.13. The van der Waals surface area contributed by atoms with Gasteiger partial charge in [-0.25, -0.2) is 9.50 Å². The first-order valence-electron chi connectivity index (χ1n) is 8.81. The molecular weight excluding hydrogens is 360 g/mol. The number of thiophene rings is 1. The van der Waals surface area contributed by atoms with Crippen molar-refractivity contribution in [2.75, 3.05) is 7.05 Å². The molecular formula is C20H20N4O2S. The maximum atomic E-state index is 13.0. The van der Waals surface area contributed by atoms with Crippen LogP contribution >= 0.6 is 11.3 Å². The van der Waals surface area contributed by atoms with Crippen molar-refractivity contribution in [2.45, 2.75) is 25.8 Å². The molecule has 0 aliphatic heterocycles. The Morgan fingerprint density at radius 1 is 1.33 bits per heavy atom. The number of carbonyl (C=O) groups is 1. The van der Waals surface area contributed by atoms with Gasteiger partial charge in [-0.2, -0.15) is 5.10 Å². The number of aryl methyl sites for hydroxylation is 1. The molecule has 0 aromatic carbocycles. The predicted molar refractivity (Wildman–Crippen MR) is 105 cm³/mol. The van der Waals surface area contributed by atoms with E-state index in [4.69, 9.17) is 4.42 Å². The van der Waals surface area contributed by atoms with Gasteiger partial charge in [0.05, 0.1) is 23.0 Å². The maximum Gasteiger partial charge on any atom is 0.259 e. The number of hydrogen-bond donors (Lipinski definition) is 0. The van der Waals surface area contributed by atoms with Crippen molar-refractivity contribution in [1.82, 2.24) is 19.5 Å². The maximum absolute atomic E-state index is 13.0. The van der Waals surface area contributed by atoms with E-state index >= 15 is 0 Å². The minimum absolute atomic E-state index is 0.0676. The third-order valence-corrected chi connectivity index (χ3v) is 5.67. The zero-order chi connectivity index (χ0) is 18.8. The van der Waals surface area contributed by atoms with Gasteiger partial charge in [0.1, 0.15) is 11.3 Å². The number of aromatic nitrogens is 3. The van der Waals surface area contributed by atoms with Crippen molar-refractivity contribution >= 4 is 22.9 Å². The lowest BCUT2D eigenvalue weighted by Crippen LogP contribution is -2.35. The van der Waals surface area contributed by atoms with Crippen LogP contribution in [-0.4, -0.2) is 38.5 Å². The number of amides is 1. The molecule has 0 saturated heterocycles. The van der Waals surface area contributed by atoms with Gasteiger partial charge >= 0.3 is 0 Å². The normalized spacial score (nSPS) is 12.4. The molecule has 0 N–H and O–H groups in total. The second-order valence-corrected chi connectivity index (χ2v) is 7.43. The van der Waals surface area contributed by atoms with Crippen LogP contribution in [0.15, 0.2) is 58.8 Å². The van der Waals surface area contributed by atoms with E-state index in [-0.39, 0.29) is 11.9 Å². The molecule has 4 aromatic heterocycles. The quantitative estimate of drug-likeness (QED) is 0.504. The minimum Gasteiger partial charge on any atom is -0.469 e. The molecule has 0 fully saturated rings. The molecule has 7 heteroatoms. The first kappa shape index (κ1) is 17.5. The van der Waals surface area contributed by atoms with E-state index in [0.717, 1.165) is 29.2 Å². The summed E-state index contributed by atoms with van der Waals surface area (Å²) in [5.74, 6) is 0.855. The number of fused-ring (bicyclic) bond motifs is 1. The van der Waals surface area contributed by atoms with Crippen LogP contribution in [0, 0.1) is 0 Å². The van der Waals surface area contributed by atoms with Gasteiger partial charge < -0.3 is 9.32 Å². The second kappa shape index (κ2) is 7.36. The second-order valence-electron chi connectivity index (χ2n) is 6.48. The highest BCUT2D eigenvalue weighted by Crippen LogP contribution is 2.25. The van der Waals surface area contributed by atoms with Crippen molar-refractivity contribution in [1.29, 1.82) is 0 Å². The monoisotopic (exact) mass is 380 g/mol. The summed E-state index contributed by atoms with van der Waals surface area (Å²) in [4.78, 5) is 20.3. The highest BCUT2D eigenvalue weighted by Gasteiger charge is 2.23. The summed E-state index contributed by atoms with van der Waals surface area (Å²) in [5, 5.41) is 6.44. The molecule has 4 aromatic rings. The van der Waals surface area contributed by atoms with Crippen LogP contribution in [0.4, 0.5) is 0 Å². The van der Waals surface area contributed by atoms with Gasteiger partial charge in [0, 0.05) is 25.7 Å². The van der Waals surface area contributed by atoms with Crippen molar-refractivity contribution in [2.24, 2.45) is 0 Å². The van der Waals surface area contributed by atoms with E-state index in [9.17, 15) is 4.79 Å². The fourth-order valence-corrected chi connectivity index (χ4v) is 3.78. The Morgan fingerprint density at radius 2 is 2.22 bits per heavy atom. The number of nitrogens with zero attached hydrogens (tertiary/aromatic N) is 4. The van der Waals surface area contributed by atoms with Gasteiger partial charge in [0.15, 0.2) is 5.65 Å². The van der Waals surface area contributed by atoms with Crippen LogP contribution in [0.1, 0.15) is 29.5 Å². The van der Waals surface area contributed by atoms with E-state index in [2.05, 4.69) is 10.1 Å². The lowest BCUT2D eigenvalue weighted by Gasteiger charge is -2.24. The molecule has 1 atom stereocenters. The van der Waals surface area contributed by atoms with Crippen molar-refractivity contribution in [3.63, 3.8) is 0 Å². The highest BCUT2D eigenvalue weighted by atomic mass is 32.1. The van der Waals surface area contributed by atoms with Gasteiger partial charge in [-0.3, -0.25) is 4.79 Å². The average Bonchev–Trinajstić information content (AvgIpc) is 3.45. The topological polar surface area (TPSA) is 63.6 Å². The molecule has 1 amide bonds. The molecule has 4 heterocycles. The largest absolute Gasteiger partial charge is 0.469 e. The Hall–Kier alpha value is -2.93. The van der Waals surface area contributed by atoms with E-state index < -0.39 is 0 Å². The van der Waals surface area contributed by atoms with Gasteiger partial charge in [0.25, 0.3) is 5.91 Å². The van der Waals surface area contributed by atoms with Gasteiger partial charge in [0.2, 0.25) is 0 Å². The summed E-state index contributed by atoms with van der Waals surface area (Å²) in [5.41, 5.74) is 2.03. The molecule has 0 radical (unpaired) electrons. The molecule has 0 spiro atoms. The predicted octanol–water partition coefficient (Wildman–Crippen LogP) is 4.14. The molecule has 0 bridgehead atoms. The van der Waals surface area contributed by atoms with Crippen LogP contribution in [-0.2, 0) is 6.42 Å². The Kier molecular flexibility index (Phi) is 4.77. The number of rotatable bonds is 6. The van der Waals surface area contributed by atoms with Gasteiger partial charge in [-0.05, 0) is 43.0 Å². The molecule has 6 nitrogen and oxygen atoms in total. The summed E-state index contributed by atoms with van der Waals surface area (Å²) in [6.07, 6.45) is 6.62. The van der Waals surface area contributed by atoms with Crippen LogP contribution in [0.2, 0.25) is 0 Å². The summed E-state index contributed by atoms with van der Waals surface area (Å²) >= 11 is 1.63. The van der Waals surface area contributed by atoms with E-state index in [1.54, 1.807) is 39.4 Å². The fourth-order valence-electron chi connectivity index (χ4n) is 3.04. The fraction of sp³-hybridized carbons (Fsp3) is 0.250. The van der Waals surface area contributed by atoms with Crippen LogP contribution < -0.4 is 0 Å². The van der Waals surface area contributed by atoms with Gasteiger partial charge in [-0.1, -0.05) is 6.07 Å². The number of hydrogen-bond acceptors (Lipinski definition) is 5. The summed E-state index contributed by atoms with van der Waals surface area (Å²) < 4.78 is 7.11. The zero-order valence-corrected chi connectivity index (χ0v) is 16.0. The zero-order valence-electron chi connectivity index (χ0n) is 15.2. The Morgan fingerprint density at radius 3 is 2.96 bits per heavy atom. The first-order chi connectivity index (χ1) is 13.1. The Labute approximate surface area is 161 Å².